The quantitative estimate of drug-likeness (QED) is 0.642. The lowest BCUT2D eigenvalue weighted by molar-refractivity contribution is -0.0528. The molecule has 0 saturated carbocycles. The minimum absolute atomic E-state index is 0.00579. The molecule has 3 aromatic heterocycles. The van der Waals surface area contributed by atoms with Crippen LogP contribution in [0.4, 0.5) is 20.4 Å². The molecule has 0 bridgehead atoms. The Morgan fingerprint density at radius 2 is 2.21 bits per heavy atom. The summed E-state index contributed by atoms with van der Waals surface area (Å²) in [5, 5.41) is 22.9. The number of rotatable bonds is 6. The van der Waals surface area contributed by atoms with Gasteiger partial charge in [0.1, 0.15) is 17.4 Å². The summed E-state index contributed by atoms with van der Waals surface area (Å²) in [7, 11) is 0. The van der Waals surface area contributed by atoms with E-state index >= 15 is 0 Å². The van der Waals surface area contributed by atoms with Gasteiger partial charge in [0.2, 0.25) is 5.88 Å². The monoisotopic (exact) mass is 404 g/mol. The van der Waals surface area contributed by atoms with Gasteiger partial charge in [-0.2, -0.15) is 19.1 Å². The molecule has 0 aromatic carbocycles. The molecule has 4 heterocycles. The van der Waals surface area contributed by atoms with Gasteiger partial charge < -0.3 is 14.8 Å². The number of halogens is 2. The van der Waals surface area contributed by atoms with Crippen molar-refractivity contribution in [2.75, 3.05) is 18.5 Å². The van der Waals surface area contributed by atoms with E-state index in [4.69, 9.17) is 4.74 Å². The van der Waals surface area contributed by atoms with E-state index in [9.17, 15) is 14.0 Å². The standard InChI is InChI=1S/C17H18F2N8O2/c1-9(10-2-4-28-5-3-10)27-16-15(11(7-20)26-27)21-8-13(23-16)22-12-6-14(25-24-12)29-17(18)19/h6,8-10,17H,2-5H2,1H3,(H2,22,23,24,25)/t9-/m0/s1. The number of nitrogens with one attached hydrogen (secondary N) is 2. The zero-order valence-corrected chi connectivity index (χ0v) is 15.5. The van der Waals surface area contributed by atoms with Gasteiger partial charge in [0.05, 0.1) is 12.2 Å². The van der Waals surface area contributed by atoms with Crippen molar-refractivity contribution < 1.29 is 18.3 Å². The van der Waals surface area contributed by atoms with Crippen molar-refractivity contribution in [3.63, 3.8) is 0 Å². The average molecular weight is 404 g/mol. The Labute approximate surface area is 163 Å². The topological polar surface area (TPSA) is 127 Å². The molecule has 0 aliphatic carbocycles. The van der Waals surface area contributed by atoms with E-state index in [2.05, 4.69) is 41.4 Å². The zero-order valence-electron chi connectivity index (χ0n) is 15.5. The summed E-state index contributed by atoms with van der Waals surface area (Å²) in [6, 6.07) is 3.34. The number of alkyl halides is 2. The van der Waals surface area contributed by atoms with E-state index in [0.717, 1.165) is 12.8 Å². The van der Waals surface area contributed by atoms with Crippen LogP contribution in [0.25, 0.3) is 11.2 Å². The molecule has 0 radical (unpaired) electrons. The van der Waals surface area contributed by atoms with Crippen LogP contribution in [0.3, 0.4) is 0 Å². The van der Waals surface area contributed by atoms with Gasteiger partial charge in [0, 0.05) is 19.3 Å². The second kappa shape index (κ2) is 7.96. The summed E-state index contributed by atoms with van der Waals surface area (Å²) in [6.07, 6.45) is 3.23. The third kappa shape index (κ3) is 3.95. The Morgan fingerprint density at radius 3 is 2.93 bits per heavy atom. The molecule has 0 spiro atoms. The first-order chi connectivity index (χ1) is 14.0. The van der Waals surface area contributed by atoms with Crippen molar-refractivity contribution in [1.82, 2.24) is 29.9 Å². The normalized spacial score (nSPS) is 16.1. The largest absolute Gasteiger partial charge is 0.415 e. The highest BCUT2D eigenvalue weighted by Crippen LogP contribution is 2.30. The number of ether oxygens (including phenoxy) is 2. The molecule has 29 heavy (non-hydrogen) atoms. The van der Waals surface area contributed by atoms with Gasteiger partial charge in [0.25, 0.3) is 0 Å². The molecule has 152 valence electrons. The van der Waals surface area contributed by atoms with Crippen LogP contribution in [0.5, 0.6) is 5.88 Å². The molecule has 2 N–H and O–H groups in total. The molecule has 0 unspecified atom stereocenters. The minimum Gasteiger partial charge on any atom is -0.415 e. The van der Waals surface area contributed by atoms with Crippen molar-refractivity contribution >= 4 is 22.8 Å². The molecule has 1 atom stereocenters. The zero-order chi connectivity index (χ0) is 20.4. The first-order valence-corrected chi connectivity index (χ1v) is 9.05. The molecule has 3 aromatic rings. The van der Waals surface area contributed by atoms with Crippen LogP contribution >= 0.6 is 0 Å². The lowest BCUT2D eigenvalue weighted by Crippen LogP contribution is -2.25. The summed E-state index contributed by atoms with van der Waals surface area (Å²) in [5.41, 5.74) is 1.07. The van der Waals surface area contributed by atoms with Crippen molar-refractivity contribution in [3.8, 4) is 11.9 Å². The van der Waals surface area contributed by atoms with E-state index in [-0.39, 0.29) is 17.6 Å². The van der Waals surface area contributed by atoms with Crippen molar-refractivity contribution in [2.24, 2.45) is 5.92 Å². The Kier molecular flexibility index (Phi) is 5.22. The van der Waals surface area contributed by atoms with Gasteiger partial charge >= 0.3 is 6.61 Å². The van der Waals surface area contributed by atoms with E-state index in [0.29, 0.717) is 41.9 Å². The molecule has 1 aliphatic heterocycles. The highest BCUT2D eigenvalue weighted by Gasteiger charge is 2.26. The van der Waals surface area contributed by atoms with Crippen LogP contribution in [-0.2, 0) is 4.74 Å². The predicted molar refractivity (Wildman–Crippen MR) is 96.8 cm³/mol. The highest BCUT2D eigenvalue weighted by atomic mass is 19.3. The fraction of sp³-hybridized carbons (Fsp3) is 0.471. The Bertz CT molecular complexity index is 1040. The molecular formula is C17H18F2N8O2. The summed E-state index contributed by atoms with van der Waals surface area (Å²) in [5.74, 6) is 0.743. The molecule has 1 aliphatic rings. The third-order valence-electron chi connectivity index (χ3n) is 4.87. The predicted octanol–water partition coefficient (Wildman–Crippen LogP) is 2.75. The van der Waals surface area contributed by atoms with Gasteiger partial charge in [-0.3, -0.25) is 5.10 Å². The van der Waals surface area contributed by atoms with Gasteiger partial charge in [-0.1, -0.05) is 0 Å². The van der Waals surface area contributed by atoms with Gasteiger partial charge in [0.15, 0.2) is 17.2 Å². The Hall–Kier alpha value is -3.33. The highest BCUT2D eigenvalue weighted by molar-refractivity contribution is 5.78. The summed E-state index contributed by atoms with van der Waals surface area (Å²) < 4.78 is 35.9. The number of hydrogen-bond acceptors (Lipinski definition) is 8. The van der Waals surface area contributed by atoms with Gasteiger partial charge in [-0.25, -0.2) is 14.6 Å². The maximum Gasteiger partial charge on any atom is 0.388 e. The fourth-order valence-corrected chi connectivity index (χ4v) is 3.38. The van der Waals surface area contributed by atoms with Crippen molar-refractivity contribution in [2.45, 2.75) is 32.4 Å². The van der Waals surface area contributed by atoms with Crippen LogP contribution in [-0.4, -0.2) is 49.8 Å². The number of aromatic nitrogens is 6. The summed E-state index contributed by atoms with van der Waals surface area (Å²) in [6.45, 7) is 0.461. The van der Waals surface area contributed by atoms with E-state index in [1.54, 1.807) is 4.68 Å². The van der Waals surface area contributed by atoms with Crippen LogP contribution < -0.4 is 10.1 Å². The molecular weight excluding hydrogens is 386 g/mol. The second-order valence-corrected chi connectivity index (χ2v) is 6.65. The first-order valence-electron chi connectivity index (χ1n) is 9.05. The molecule has 1 saturated heterocycles. The lowest BCUT2D eigenvalue weighted by Gasteiger charge is -2.28. The Balaban J connectivity index is 1.63. The van der Waals surface area contributed by atoms with Gasteiger partial charge in [-0.15, -0.1) is 5.10 Å². The number of nitrogens with zero attached hydrogens (tertiary/aromatic N) is 6. The molecule has 10 nitrogen and oxygen atoms in total. The summed E-state index contributed by atoms with van der Waals surface area (Å²) in [4.78, 5) is 8.84. The SMILES string of the molecule is C[C@@H](C1CCOCC1)n1nc(C#N)c2ncc(Nc3cc(OC(F)F)n[nH]3)nc21. The maximum absolute atomic E-state index is 12.3. The minimum atomic E-state index is -2.97. The smallest absolute Gasteiger partial charge is 0.388 e. The lowest BCUT2D eigenvalue weighted by atomic mass is 9.93. The molecule has 4 rings (SSSR count). The first kappa shape index (κ1) is 19.0. The van der Waals surface area contributed by atoms with Crippen LogP contribution in [0.2, 0.25) is 0 Å². The number of anilines is 2. The van der Waals surface area contributed by atoms with E-state index in [1.165, 1.54) is 12.3 Å². The summed E-state index contributed by atoms with van der Waals surface area (Å²) >= 11 is 0. The van der Waals surface area contributed by atoms with Crippen LogP contribution in [0, 0.1) is 17.2 Å². The average Bonchev–Trinajstić information content (AvgIpc) is 3.31. The fourth-order valence-electron chi connectivity index (χ4n) is 3.38. The Morgan fingerprint density at radius 1 is 1.41 bits per heavy atom. The molecule has 12 heteroatoms. The van der Waals surface area contributed by atoms with Crippen molar-refractivity contribution in [3.05, 3.63) is 18.0 Å². The number of aromatic amines is 1. The second-order valence-electron chi connectivity index (χ2n) is 6.65. The molecule has 1 fully saturated rings. The number of H-pyrrole nitrogens is 1. The van der Waals surface area contributed by atoms with E-state index < -0.39 is 6.61 Å². The number of hydrogen-bond donors (Lipinski definition) is 2. The van der Waals surface area contributed by atoms with E-state index in [1.807, 2.05) is 6.92 Å². The van der Waals surface area contributed by atoms with Crippen molar-refractivity contribution in [1.29, 1.82) is 5.26 Å². The number of nitriles is 1. The maximum atomic E-state index is 12.3. The number of fused-ring (bicyclic) bond motifs is 1. The molecule has 0 amide bonds. The van der Waals surface area contributed by atoms with Crippen LogP contribution in [0.15, 0.2) is 12.3 Å². The van der Waals surface area contributed by atoms with Gasteiger partial charge in [-0.05, 0) is 25.7 Å². The van der Waals surface area contributed by atoms with Crippen LogP contribution in [0.1, 0.15) is 31.5 Å². The third-order valence-corrected chi connectivity index (χ3v) is 4.87.